The molecule has 2 rings (SSSR count). The van der Waals surface area contributed by atoms with Crippen LogP contribution < -0.4 is 5.73 Å². The number of allylic oxidation sites excluding steroid dienone is 1. The summed E-state index contributed by atoms with van der Waals surface area (Å²) in [5.74, 6) is 0. The van der Waals surface area contributed by atoms with E-state index in [0.29, 0.717) is 28.3 Å². The molecule has 9 heteroatoms. The van der Waals surface area contributed by atoms with Crippen LogP contribution in [0.5, 0.6) is 0 Å². The Morgan fingerprint density at radius 2 is 2.12 bits per heavy atom. The van der Waals surface area contributed by atoms with Gasteiger partial charge in [-0.2, -0.15) is 28.7 Å². The topological polar surface area (TPSA) is 91.4 Å². The summed E-state index contributed by atoms with van der Waals surface area (Å²) in [5, 5.41) is 18.9. The molecule has 0 spiro atoms. The van der Waals surface area contributed by atoms with Crippen LogP contribution in [0.25, 0.3) is 4.91 Å². The first-order valence-electron chi connectivity index (χ1n) is 7.39. The number of H-pyrrole nitrogens is 1. The average molecular weight is 367 g/mol. The molecule has 0 amide bonds. The van der Waals surface area contributed by atoms with Crippen molar-refractivity contribution in [2.45, 2.75) is 31.7 Å². The van der Waals surface area contributed by atoms with E-state index in [1.807, 2.05) is 13.0 Å². The number of nitrogens with two attached hydrogens (primary N) is 1. The van der Waals surface area contributed by atoms with Gasteiger partial charge in [0.1, 0.15) is 11.8 Å². The maximum atomic E-state index is 13.0. The summed E-state index contributed by atoms with van der Waals surface area (Å²) in [6.07, 6.45) is -3.83. The zero-order valence-corrected chi connectivity index (χ0v) is 14.4. The maximum Gasteiger partial charge on any atom is 0.416 e. The smallest absolute Gasteiger partial charge is 0.401 e. The molecule has 0 saturated heterocycles. The van der Waals surface area contributed by atoms with Crippen LogP contribution in [0.1, 0.15) is 48.0 Å². The number of alkyl halides is 3. The second-order valence-electron chi connectivity index (χ2n) is 5.28. The number of aromatic amines is 1. The first kappa shape index (κ1) is 18.9. The Balaban J connectivity index is 2.39. The van der Waals surface area contributed by atoms with Crippen molar-refractivity contribution in [3.63, 3.8) is 0 Å². The summed E-state index contributed by atoms with van der Waals surface area (Å²) in [6.45, 7) is 3.52. The van der Waals surface area contributed by atoms with Gasteiger partial charge in [-0.15, -0.1) is 16.9 Å². The molecule has 1 atom stereocenters. The summed E-state index contributed by atoms with van der Waals surface area (Å²) >= 11 is 1.27. The van der Waals surface area contributed by atoms with E-state index in [1.165, 1.54) is 17.8 Å². The number of aromatic nitrogens is 3. The number of nitriles is 1. The van der Waals surface area contributed by atoms with Gasteiger partial charge in [0.15, 0.2) is 5.69 Å². The summed E-state index contributed by atoms with van der Waals surface area (Å²) in [5.41, 5.74) is 6.56. The first-order valence-corrected chi connectivity index (χ1v) is 8.27. The standard InChI is InChI=1S/C16H16F3N5S/c1-3-13(10-5-4-6-11(7-10)16(17,18)19)25-15(9(2)21)14-12(8-20)22-24-23-14/h4-7,13H,3,21H2,1-2H3,(H,22,23,24)/b15-9-. The van der Waals surface area contributed by atoms with Crippen LogP contribution in [-0.2, 0) is 6.18 Å². The number of benzene rings is 1. The molecule has 3 N–H and O–H groups in total. The lowest BCUT2D eigenvalue weighted by atomic mass is 10.1. The highest BCUT2D eigenvalue weighted by atomic mass is 32.2. The third kappa shape index (κ3) is 4.33. The van der Waals surface area contributed by atoms with E-state index in [2.05, 4.69) is 15.4 Å². The van der Waals surface area contributed by atoms with Gasteiger partial charge >= 0.3 is 6.18 Å². The lowest BCUT2D eigenvalue weighted by molar-refractivity contribution is -0.137. The number of hydrogen-bond donors (Lipinski definition) is 2. The molecule has 1 aromatic heterocycles. The molecule has 1 unspecified atom stereocenters. The van der Waals surface area contributed by atoms with Crippen LogP contribution in [0, 0.1) is 11.3 Å². The number of halogens is 3. The fourth-order valence-corrected chi connectivity index (χ4v) is 3.42. The second-order valence-corrected chi connectivity index (χ2v) is 6.50. The fourth-order valence-electron chi connectivity index (χ4n) is 2.25. The molecule has 0 bridgehead atoms. The largest absolute Gasteiger partial charge is 0.416 e. The van der Waals surface area contributed by atoms with Crippen LogP contribution in [0.15, 0.2) is 30.0 Å². The number of nitrogens with zero attached hydrogens (tertiary/aromatic N) is 3. The van der Waals surface area contributed by atoms with E-state index in [4.69, 9.17) is 11.0 Å². The van der Waals surface area contributed by atoms with Crippen LogP contribution in [0.4, 0.5) is 13.2 Å². The lowest BCUT2D eigenvalue weighted by Crippen LogP contribution is -2.06. The Kier molecular flexibility index (Phi) is 5.74. The van der Waals surface area contributed by atoms with Gasteiger partial charge in [-0.05, 0) is 25.0 Å². The first-order chi connectivity index (χ1) is 11.8. The van der Waals surface area contributed by atoms with Gasteiger partial charge in [-0.25, -0.2) is 0 Å². The van der Waals surface area contributed by atoms with E-state index in [9.17, 15) is 13.2 Å². The molecule has 1 heterocycles. The highest BCUT2D eigenvalue weighted by Crippen LogP contribution is 2.43. The fraction of sp³-hybridized carbons (Fsp3) is 0.312. The van der Waals surface area contributed by atoms with Crippen molar-refractivity contribution < 1.29 is 13.2 Å². The summed E-state index contributed by atoms with van der Waals surface area (Å²) < 4.78 is 38.9. The number of rotatable bonds is 5. The third-order valence-electron chi connectivity index (χ3n) is 3.44. The van der Waals surface area contributed by atoms with Crippen LogP contribution in [-0.4, -0.2) is 15.4 Å². The van der Waals surface area contributed by atoms with Gasteiger partial charge in [-0.1, -0.05) is 25.1 Å². The van der Waals surface area contributed by atoms with Gasteiger partial charge in [0.2, 0.25) is 0 Å². The van der Waals surface area contributed by atoms with E-state index >= 15 is 0 Å². The zero-order valence-electron chi connectivity index (χ0n) is 13.6. The lowest BCUT2D eigenvalue weighted by Gasteiger charge is -2.18. The minimum Gasteiger partial charge on any atom is -0.401 e. The summed E-state index contributed by atoms with van der Waals surface area (Å²) in [4.78, 5) is 0.523. The predicted molar refractivity (Wildman–Crippen MR) is 89.9 cm³/mol. The highest BCUT2D eigenvalue weighted by Gasteiger charge is 2.31. The quantitative estimate of drug-likeness (QED) is 0.825. The minimum atomic E-state index is -4.40. The Morgan fingerprint density at radius 3 is 2.68 bits per heavy atom. The van der Waals surface area contributed by atoms with Crippen molar-refractivity contribution in [1.29, 1.82) is 5.26 Å². The molecule has 0 aliphatic heterocycles. The molecule has 0 fully saturated rings. The molecular weight excluding hydrogens is 351 g/mol. The Bertz CT molecular complexity index is 816. The van der Waals surface area contributed by atoms with Gasteiger partial charge < -0.3 is 5.73 Å². The Hall–Kier alpha value is -2.47. The molecule has 132 valence electrons. The molecular formula is C16H16F3N5S. The normalized spacial score (nSPS) is 13.9. The molecule has 25 heavy (non-hydrogen) atoms. The number of hydrogen-bond acceptors (Lipinski definition) is 5. The zero-order chi connectivity index (χ0) is 18.6. The monoisotopic (exact) mass is 367 g/mol. The van der Waals surface area contributed by atoms with Gasteiger partial charge in [0.05, 0.1) is 10.5 Å². The van der Waals surface area contributed by atoms with Gasteiger partial charge in [0, 0.05) is 10.9 Å². The van der Waals surface area contributed by atoms with Crippen molar-refractivity contribution in [2.24, 2.45) is 5.73 Å². The van der Waals surface area contributed by atoms with Gasteiger partial charge in [-0.3, -0.25) is 0 Å². The van der Waals surface area contributed by atoms with E-state index in [0.717, 1.165) is 12.1 Å². The average Bonchev–Trinajstić information content (AvgIpc) is 3.03. The van der Waals surface area contributed by atoms with E-state index in [1.54, 1.807) is 13.0 Å². The van der Waals surface area contributed by atoms with Crippen molar-refractivity contribution in [3.8, 4) is 6.07 Å². The third-order valence-corrected chi connectivity index (χ3v) is 5.08. The Labute approximate surface area is 147 Å². The SMILES string of the molecule is CCC(S/C(=C(/C)N)c1n[nH]nc1C#N)c1cccc(C(F)(F)F)c1. The summed E-state index contributed by atoms with van der Waals surface area (Å²) in [7, 11) is 0. The maximum absolute atomic E-state index is 13.0. The molecule has 1 aromatic carbocycles. The summed E-state index contributed by atoms with van der Waals surface area (Å²) in [6, 6.07) is 7.12. The van der Waals surface area contributed by atoms with Crippen LogP contribution in [0.2, 0.25) is 0 Å². The van der Waals surface area contributed by atoms with Crippen molar-refractivity contribution in [3.05, 3.63) is 52.5 Å². The highest BCUT2D eigenvalue weighted by molar-refractivity contribution is 8.08. The van der Waals surface area contributed by atoms with E-state index < -0.39 is 11.7 Å². The van der Waals surface area contributed by atoms with Crippen LogP contribution >= 0.6 is 11.8 Å². The second kappa shape index (κ2) is 7.61. The van der Waals surface area contributed by atoms with Crippen LogP contribution in [0.3, 0.4) is 0 Å². The molecule has 5 nitrogen and oxygen atoms in total. The molecule has 0 saturated carbocycles. The predicted octanol–water partition coefficient (Wildman–Crippen LogP) is 4.23. The number of nitrogens with one attached hydrogen (secondary N) is 1. The molecule has 0 radical (unpaired) electrons. The molecule has 0 aliphatic rings. The minimum absolute atomic E-state index is 0.0891. The van der Waals surface area contributed by atoms with Crippen molar-refractivity contribution in [2.75, 3.05) is 0 Å². The van der Waals surface area contributed by atoms with Crippen molar-refractivity contribution >= 4 is 16.7 Å². The van der Waals surface area contributed by atoms with Gasteiger partial charge in [0.25, 0.3) is 0 Å². The van der Waals surface area contributed by atoms with Crippen molar-refractivity contribution in [1.82, 2.24) is 15.4 Å². The molecule has 0 aliphatic carbocycles. The van der Waals surface area contributed by atoms with E-state index in [-0.39, 0.29) is 10.9 Å². The number of thioether (sulfide) groups is 1. The Morgan fingerprint density at radius 1 is 1.40 bits per heavy atom. The molecule has 2 aromatic rings.